The first-order valence-electron chi connectivity index (χ1n) is 5.14. The molecular weight excluding hydrogens is 232 g/mol. The molecule has 0 aliphatic carbocycles. The molecule has 2 heterocycles. The van der Waals surface area contributed by atoms with Gasteiger partial charge in [-0.3, -0.25) is 20.1 Å². The molecule has 0 aromatic carbocycles. The first-order chi connectivity index (χ1) is 8.74. The number of rotatable bonds is 3. The number of nitriles is 1. The molecule has 0 spiro atoms. The minimum atomic E-state index is -0.840. The molecule has 0 amide bonds. The molecule has 0 N–H and O–H groups in total. The van der Waals surface area contributed by atoms with E-state index in [-0.39, 0.29) is 11.4 Å². The van der Waals surface area contributed by atoms with Crippen molar-refractivity contribution in [1.82, 2.24) is 9.97 Å². The molecule has 0 saturated carbocycles. The van der Waals surface area contributed by atoms with Gasteiger partial charge in [-0.05, 0) is 18.2 Å². The largest absolute Gasteiger partial charge is 0.292 e. The van der Waals surface area contributed by atoms with Crippen molar-refractivity contribution in [2.24, 2.45) is 0 Å². The molecule has 18 heavy (non-hydrogen) atoms. The summed E-state index contributed by atoms with van der Waals surface area (Å²) in [4.78, 5) is 18.3. The van der Waals surface area contributed by atoms with Gasteiger partial charge in [0.15, 0.2) is 0 Å². The summed E-state index contributed by atoms with van der Waals surface area (Å²) in [6, 6.07) is 9.88. The molecule has 0 unspecified atom stereocenters. The van der Waals surface area contributed by atoms with Gasteiger partial charge in [-0.25, -0.2) is 0 Å². The lowest BCUT2D eigenvalue weighted by Gasteiger charge is -2.07. The Morgan fingerprint density at radius 3 is 2.61 bits per heavy atom. The van der Waals surface area contributed by atoms with E-state index in [1.54, 1.807) is 18.2 Å². The van der Waals surface area contributed by atoms with Crippen LogP contribution < -0.4 is 0 Å². The molecule has 2 aromatic rings. The van der Waals surface area contributed by atoms with Crippen LogP contribution in [0.4, 0.5) is 5.69 Å². The van der Waals surface area contributed by atoms with Gasteiger partial charge in [-0.1, -0.05) is 6.07 Å². The molecule has 0 radical (unpaired) electrons. The SMILES string of the molecule is N#C[C@@H](c1ccccn1)c1ncccc1[N+](=O)[O-]. The van der Waals surface area contributed by atoms with Crippen LogP contribution in [0.1, 0.15) is 17.3 Å². The molecule has 6 heteroatoms. The van der Waals surface area contributed by atoms with E-state index >= 15 is 0 Å². The van der Waals surface area contributed by atoms with Gasteiger partial charge in [-0.15, -0.1) is 0 Å². The first kappa shape index (κ1) is 11.7. The van der Waals surface area contributed by atoms with Crippen LogP contribution >= 0.6 is 0 Å². The quantitative estimate of drug-likeness (QED) is 0.604. The maximum Gasteiger partial charge on any atom is 0.292 e. The molecule has 6 nitrogen and oxygen atoms in total. The van der Waals surface area contributed by atoms with Crippen molar-refractivity contribution < 1.29 is 4.92 Å². The van der Waals surface area contributed by atoms with Gasteiger partial charge in [0.1, 0.15) is 11.6 Å². The highest BCUT2D eigenvalue weighted by molar-refractivity contribution is 5.43. The molecule has 0 bridgehead atoms. The summed E-state index contributed by atoms with van der Waals surface area (Å²) in [5.74, 6) is -0.840. The average Bonchev–Trinajstić information content (AvgIpc) is 2.41. The van der Waals surface area contributed by atoms with E-state index in [1.165, 1.54) is 24.5 Å². The number of nitrogens with zero attached hydrogens (tertiary/aromatic N) is 4. The number of pyridine rings is 2. The number of aromatic nitrogens is 2. The van der Waals surface area contributed by atoms with Gasteiger partial charge in [-0.2, -0.15) is 5.26 Å². The minimum Gasteiger partial charge on any atom is -0.259 e. The summed E-state index contributed by atoms with van der Waals surface area (Å²) in [6.45, 7) is 0. The van der Waals surface area contributed by atoms with Gasteiger partial charge >= 0.3 is 0 Å². The second-order valence-electron chi connectivity index (χ2n) is 3.48. The third-order valence-corrected chi connectivity index (χ3v) is 2.40. The van der Waals surface area contributed by atoms with Crippen LogP contribution in [0.2, 0.25) is 0 Å². The van der Waals surface area contributed by atoms with Crippen molar-refractivity contribution >= 4 is 5.69 Å². The van der Waals surface area contributed by atoms with Crippen LogP contribution in [0.15, 0.2) is 42.7 Å². The third kappa shape index (κ3) is 2.15. The monoisotopic (exact) mass is 240 g/mol. The second kappa shape index (κ2) is 5.01. The van der Waals surface area contributed by atoms with Gasteiger partial charge in [0.25, 0.3) is 5.69 Å². The average molecular weight is 240 g/mol. The highest BCUT2D eigenvalue weighted by Crippen LogP contribution is 2.27. The lowest BCUT2D eigenvalue weighted by Crippen LogP contribution is -2.06. The summed E-state index contributed by atoms with van der Waals surface area (Å²) in [6.07, 6.45) is 2.96. The fourth-order valence-electron chi connectivity index (χ4n) is 1.60. The number of hydrogen-bond acceptors (Lipinski definition) is 5. The van der Waals surface area contributed by atoms with Gasteiger partial charge in [0, 0.05) is 18.5 Å². The van der Waals surface area contributed by atoms with E-state index in [4.69, 9.17) is 0 Å². The Balaban J connectivity index is 2.54. The maximum absolute atomic E-state index is 10.9. The maximum atomic E-state index is 10.9. The van der Waals surface area contributed by atoms with Crippen LogP contribution in [0.25, 0.3) is 0 Å². The van der Waals surface area contributed by atoms with E-state index in [2.05, 4.69) is 9.97 Å². The first-order valence-corrected chi connectivity index (χ1v) is 5.14. The minimum absolute atomic E-state index is 0.115. The van der Waals surface area contributed by atoms with E-state index in [9.17, 15) is 15.4 Å². The Kier molecular flexibility index (Phi) is 3.25. The van der Waals surface area contributed by atoms with Crippen molar-refractivity contribution in [3.8, 4) is 6.07 Å². The Morgan fingerprint density at radius 2 is 2.00 bits per heavy atom. The Morgan fingerprint density at radius 1 is 1.22 bits per heavy atom. The summed E-state index contributed by atoms with van der Waals surface area (Å²) in [7, 11) is 0. The molecular formula is C12H8N4O2. The zero-order valence-electron chi connectivity index (χ0n) is 9.22. The summed E-state index contributed by atoms with van der Waals surface area (Å²) < 4.78 is 0. The van der Waals surface area contributed by atoms with Crippen molar-refractivity contribution in [1.29, 1.82) is 5.26 Å². The summed E-state index contributed by atoms with van der Waals surface area (Å²) in [5.41, 5.74) is 0.389. The van der Waals surface area contributed by atoms with Crippen molar-refractivity contribution in [2.45, 2.75) is 5.92 Å². The van der Waals surface area contributed by atoms with Gasteiger partial charge in [0.05, 0.1) is 16.7 Å². The molecule has 2 rings (SSSR count). The molecule has 1 atom stereocenters. The smallest absolute Gasteiger partial charge is 0.259 e. The predicted molar refractivity (Wildman–Crippen MR) is 62.6 cm³/mol. The van der Waals surface area contributed by atoms with E-state index in [1.807, 2.05) is 6.07 Å². The highest BCUT2D eigenvalue weighted by Gasteiger charge is 2.25. The topological polar surface area (TPSA) is 92.7 Å². The van der Waals surface area contributed by atoms with Crippen LogP contribution in [0.5, 0.6) is 0 Å². The highest BCUT2D eigenvalue weighted by atomic mass is 16.6. The zero-order valence-corrected chi connectivity index (χ0v) is 9.22. The standard InChI is InChI=1S/C12H8N4O2/c13-8-9(10-4-1-2-6-14-10)12-11(16(17)18)5-3-7-15-12/h1-7,9H/t9-/m0/s1. The second-order valence-corrected chi connectivity index (χ2v) is 3.48. The van der Waals surface area contributed by atoms with E-state index < -0.39 is 10.8 Å². The fraction of sp³-hybridized carbons (Fsp3) is 0.0833. The number of hydrogen-bond donors (Lipinski definition) is 0. The number of nitro groups is 1. The van der Waals surface area contributed by atoms with Crippen LogP contribution in [0, 0.1) is 21.4 Å². The Bertz CT molecular complexity index is 607. The van der Waals surface area contributed by atoms with Crippen molar-refractivity contribution in [3.05, 3.63) is 64.2 Å². The lowest BCUT2D eigenvalue weighted by atomic mass is 10.0. The fourth-order valence-corrected chi connectivity index (χ4v) is 1.60. The summed E-state index contributed by atoms with van der Waals surface area (Å²) in [5, 5.41) is 20.1. The van der Waals surface area contributed by atoms with Gasteiger partial charge in [0.2, 0.25) is 0 Å². The molecule has 0 aliphatic heterocycles. The Hall–Kier alpha value is -2.81. The van der Waals surface area contributed by atoms with Crippen LogP contribution in [0.3, 0.4) is 0 Å². The third-order valence-electron chi connectivity index (χ3n) is 2.40. The van der Waals surface area contributed by atoms with Gasteiger partial charge < -0.3 is 0 Å². The van der Waals surface area contributed by atoms with Crippen molar-refractivity contribution in [3.63, 3.8) is 0 Å². The van der Waals surface area contributed by atoms with E-state index in [0.717, 1.165) is 0 Å². The van der Waals surface area contributed by atoms with Crippen LogP contribution in [-0.4, -0.2) is 14.9 Å². The molecule has 88 valence electrons. The lowest BCUT2D eigenvalue weighted by molar-refractivity contribution is -0.386. The van der Waals surface area contributed by atoms with Crippen molar-refractivity contribution in [2.75, 3.05) is 0 Å². The van der Waals surface area contributed by atoms with Crippen LogP contribution in [-0.2, 0) is 0 Å². The zero-order chi connectivity index (χ0) is 13.0. The Labute approximate surface area is 103 Å². The predicted octanol–water partition coefficient (Wildman–Crippen LogP) is 2.04. The van der Waals surface area contributed by atoms with E-state index in [0.29, 0.717) is 5.69 Å². The molecule has 0 aliphatic rings. The normalized spacial score (nSPS) is 11.5. The molecule has 2 aromatic heterocycles. The summed E-state index contributed by atoms with van der Waals surface area (Å²) >= 11 is 0. The molecule has 0 fully saturated rings. The molecule has 0 saturated heterocycles.